The van der Waals surface area contributed by atoms with E-state index in [0.29, 0.717) is 17.7 Å². The topological polar surface area (TPSA) is 67.4 Å². The molecule has 0 spiro atoms. The first-order chi connectivity index (χ1) is 11.2. The molecule has 2 N–H and O–H groups in total. The van der Waals surface area contributed by atoms with Gasteiger partial charge in [-0.25, -0.2) is 0 Å². The van der Waals surface area contributed by atoms with Crippen LogP contribution in [0.4, 0.5) is 0 Å². The molecule has 2 aliphatic heterocycles. The van der Waals surface area contributed by atoms with Crippen LogP contribution in [-0.2, 0) is 4.74 Å². The first-order valence-corrected chi connectivity index (χ1v) is 8.53. The maximum atomic E-state index is 12.2. The lowest BCUT2D eigenvalue weighted by atomic mass is 9.84. The van der Waals surface area contributed by atoms with E-state index in [1.807, 2.05) is 12.1 Å². The van der Waals surface area contributed by atoms with Gasteiger partial charge in [0.25, 0.3) is 11.8 Å². The third kappa shape index (κ3) is 3.31. The van der Waals surface area contributed by atoms with Crippen molar-refractivity contribution in [3.63, 3.8) is 0 Å². The smallest absolute Gasteiger partial charge is 0.259 e. The molecule has 2 heterocycles. The van der Waals surface area contributed by atoms with Crippen molar-refractivity contribution in [2.24, 2.45) is 0 Å². The standard InChI is InChI=1S/C18H24N2O3/c1-2-3-4-6-12(15-11-19-9-10-23-15)13-7-5-8-14-16(13)18(22)20-17(14)21/h5,7-8,12,15,19H,2-4,6,9-11H2,1H3,(H,20,21,22). The van der Waals surface area contributed by atoms with Crippen LogP contribution < -0.4 is 10.6 Å². The second-order valence-corrected chi connectivity index (χ2v) is 6.27. The Kier molecular flexibility index (Phi) is 5.08. The lowest BCUT2D eigenvalue weighted by Crippen LogP contribution is -2.42. The highest BCUT2D eigenvalue weighted by Crippen LogP contribution is 2.34. The van der Waals surface area contributed by atoms with Crippen molar-refractivity contribution in [3.05, 3.63) is 34.9 Å². The first-order valence-electron chi connectivity index (χ1n) is 8.53. The van der Waals surface area contributed by atoms with Crippen molar-refractivity contribution in [1.29, 1.82) is 0 Å². The number of ether oxygens (including phenoxy) is 1. The molecule has 2 unspecified atom stereocenters. The molecule has 5 nitrogen and oxygen atoms in total. The van der Waals surface area contributed by atoms with Crippen LogP contribution >= 0.6 is 0 Å². The molecule has 2 amide bonds. The van der Waals surface area contributed by atoms with Crippen LogP contribution in [0.3, 0.4) is 0 Å². The van der Waals surface area contributed by atoms with E-state index in [1.54, 1.807) is 6.07 Å². The van der Waals surface area contributed by atoms with Crippen molar-refractivity contribution in [3.8, 4) is 0 Å². The van der Waals surface area contributed by atoms with E-state index in [-0.39, 0.29) is 23.8 Å². The first kappa shape index (κ1) is 16.1. The van der Waals surface area contributed by atoms with Crippen molar-refractivity contribution in [2.75, 3.05) is 19.7 Å². The largest absolute Gasteiger partial charge is 0.375 e. The Balaban J connectivity index is 1.93. The van der Waals surface area contributed by atoms with E-state index in [4.69, 9.17) is 4.74 Å². The van der Waals surface area contributed by atoms with Crippen LogP contribution in [0.5, 0.6) is 0 Å². The Hall–Kier alpha value is -1.72. The fraction of sp³-hybridized carbons (Fsp3) is 0.556. The van der Waals surface area contributed by atoms with Gasteiger partial charge in [0.05, 0.1) is 23.8 Å². The molecule has 5 heteroatoms. The molecule has 3 rings (SSSR count). The Morgan fingerprint density at radius 3 is 2.87 bits per heavy atom. The predicted molar refractivity (Wildman–Crippen MR) is 87.7 cm³/mol. The van der Waals surface area contributed by atoms with E-state index >= 15 is 0 Å². The molecular weight excluding hydrogens is 292 g/mol. The molecule has 1 fully saturated rings. The highest BCUT2D eigenvalue weighted by atomic mass is 16.5. The van der Waals surface area contributed by atoms with Gasteiger partial charge in [-0.15, -0.1) is 0 Å². The van der Waals surface area contributed by atoms with E-state index in [1.165, 1.54) is 0 Å². The normalized spacial score (nSPS) is 21.9. The van der Waals surface area contributed by atoms with Crippen molar-refractivity contribution < 1.29 is 14.3 Å². The van der Waals surface area contributed by atoms with Gasteiger partial charge in [-0.1, -0.05) is 38.3 Å². The van der Waals surface area contributed by atoms with E-state index in [0.717, 1.165) is 44.3 Å². The number of benzene rings is 1. The summed E-state index contributed by atoms with van der Waals surface area (Å²) in [6, 6.07) is 5.57. The summed E-state index contributed by atoms with van der Waals surface area (Å²) in [6.45, 7) is 4.52. The Morgan fingerprint density at radius 2 is 2.13 bits per heavy atom. The van der Waals surface area contributed by atoms with Crippen LogP contribution in [0, 0.1) is 0 Å². The maximum absolute atomic E-state index is 12.2. The fourth-order valence-corrected chi connectivity index (χ4v) is 3.55. The Morgan fingerprint density at radius 1 is 1.26 bits per heavy atom. The van der Waals surface area contributed by atoms with Crippen LogP contribution in [0.2, 0.25) is 0 Å². The molecule has 0 aliphatic carbocycles. The maximum Gasteiger partial charge on any atom is 0.259 e. The monoisotopic (exact) mass is 316 g/mol. The minimum Gasteiger partial charge on any atom is -0.375 e. The number of carbonyl (C=O) groups is 2. The van der Waals surface area contributed by atoms with Gasteiger partial charge in [0.2, 0.25) is 0 Å². The average Bonchev–Trinajstić information content (AvgIpc) is 2.87. The molecule has 0 radical (unpaired) electrons. The molecule has 2 atom stereocenters. The Bertz CT molecular complexity index is 594. The summed E-state index contributed by atoms with van der Waals surface area (Å²) in [4.78, 5) is 24.1. The average molecular weight is 316 g/mol. The molecule has 23 heavy (non-hydrogen) atoms. The number of fused-ring (bicyclic) bond motifs is 1. The third-order valence-corrected chi connectivity index (χ3v) is 4.72. The third-order valence-electron chi connectivity index (χ3n) is 4.72. The molecule has 1 aromatic carbocycles. The van der Waals surface area contributed by atoms with Gasteiger partial charge in [0, 0.05) is 19.0 Å². The van der Waals surface area contributed by atoms with Gasteiger partial charge >= 0.3 is 0 Å². The zero-order valence-electron chi connectivity index (χ0n) is 13.6. The number of rotatable bonds is 6. The summed E-state index contributed by atoms with van der Waals surface area (Å²) < 4.78 is 5.97. The number of amides is 2. The summed E-state index contributed by atoms with van der Waals surface area (Å²) >= 11 is 0. The van der Waals surface area contributed by atoms with E-state index in [9.17, 15) is 9.59 Å². The minimum absolute atomic E-state index is 0.0515. The molecule has 2 aliphatic rings. The number of unbranched alkanes of at least 4 members (excludes halogenated alkanes) is 2. The van der Waals surface area contributed by atoms with Gasteiger partial charge < -0.3 is 10.1 Å². The number of morpholine rings is 1. The van der Waals surface area contributed by atoms with Gasteiger partial charge in [0.1, 0.15) is 0 Å². The van der Waals surface area contributed by atoms with Crippen molar-refractivity contribution >= 4 is 11.8 Å². The minimum atomic E-state index is -0.290. The second kappa shape index (κ2) is 7.23. The van der Waals surface area contributed by atoms with Crippen molar-refractivity contribution in [2.45, 2.75) is 44.6 Å². The SMILES string of the molecule is CCCCCC(c1cccc2c1C(=O)NC2=O)C1CNCCO1. The highest BCUT2D eigenvalue weighted by Gasteiger charge is 2.34. The quantitative estimate of drug-likeness (QED) is 0.624. The molecule has 1 aromatic rings. The van der Waals surface area contributed by atoms with Gasteiger partial charge in [-0.05, 0) is 18.1 Å². The lowest BCUT2D eigenvalue weighted by Gasteiger charge is -2.32. The van der Waals surface area contributed by atoms with Gasteiger partial charge in [0.15, 0.2) is 0 Å². The summed E-state index contributed by atoms with van der Waals surface area (Å²) in [5.74, 6) is -0.423. The highest BCUT2D eigenvalue weighted by molar-refractivity contribution is 6.22. The van der Waals surface area contributed by atoms with Crippen molar-refractivity contribution in [1.82, 2.24) is 10.6 Å². The predicted octanol–water partition coefficient (Wildman–Crippen LogP) is 2.22. The summed E-state index contributed by atoms with van der Waals surface area (Å²) in [7, 11) is 0. The molecule has 124 valence electrons. The summed E-state index contributed by atoms with van der Waals surface area (Å²) in [5.41, 5.74) is 2.00. The van der Waals surface area contributed by atoms with Gasteiger partial charge in [-0.2, -0.15) is 0 Å². The number of carbonyl (C=O) groups excluding carboxylic acids is 2. The zero-order chi connectivity index (χ0) is 16.2. The lowest BCUT2D eigenvalue weighted by molar-refractivity contribution is 0.00866. The van der Waals surface area contributed by atoms with E-state index < -0.39 is 0 Å². The molecule has 0 aromatic heterocycles. The van der Waals surface area contributed by atoms with E-state index in [2.05, 4.69) is 17.6 Å². The molecule has 1 saturated heterocycles. The van der Waals surface area contributed by atoms with Gasteiger partial charge in [-0.3, -0.25) is 14.9 Å². The number of hydrogen-bond donors (Lipinski definition) is 2. The molecule has 0 bridgehead atoms. The fourth-order valence-electron chi connectivity index (χ4n) is 3.55. The zero-order valence-corrected chi connectivity index (χ0v) is 13.6. The number of nitrogens with one attached hydrogen (secondary N) is 2. The van der Waals surface area contributed by atoms with Crippen LogP contribution in [0.15, 0.2) is 18.2 Å². The van der Waals surface area contributed by atoms with Crippen LogP contribution in [0.25, 0.3) is 0 Å². The molecule has 0 saturated carbocycles. The summed E-state index contributed by atoms with van der Waals surface area (Å²) in [5, 5.41) is 5.78. The van der Waals surface area contributed by atoms with Crippen LogP contribution in [-0.4, -0.2) is 37.6 Å². The molecular formula is C18H24N2O3. The number of hydrogen-bond acceptors (Lipinski definition) is 4. The summed E-state index contributed by atoms with van der Waals surface area (Å²) in [6.07, 6.45) is 4.44. The number of imide groups is 1. The second-order valence-electron chi connectivity index (χ2n) is 6.27. The van der Waals surface area contributed by atoms with Crippen LogP contribution in [0.1, 0.15) is 64.8 Å². The Labute approximate surface area is 136 Å².